The van der Waals surface area contributed by atoms with Gasteiger partial charge >= 0.3 is 6.36 Å². The molecule has 0 spiro atoms. The Bertz CT molecular complexity index is 767. The maximum absolute atomic E-state index is 12.5. The van der Waals surface area contributed by atoms with E-state index in [2.05, 4.69) is 14.8 Å². The van der Waals surface area contributed by atoms with Gasteiger partial charge in [-0.3, -0.25) is 0 Å². The zero-order valence-corrected chi connectivity index (χ0v) is 13.3. The monoisotopic (exact) mass is 357 g/mol. The van der Waals surface area contributed by atoms with Crippen LogP contribution in [0.5, 0.6) is 5.75 Å². The number of hydrogen-bond donors (Lipinski definition) is 3. The molecule has 0 aliphatic rings. The summed E-state index contributed by atoms with van der Waals surface area (Å²) in [7, 11) is 0. The molecule has 2 aromatic rings. The van der Waals surface area contributed by atoms with Crippen molar-refractivity contribution in [3.63, 3.8) is 0 Å². The van der Waals surface area contributed by atoms with Crippen LogP contribution in [0.4, 0.5) is 30.5 Å². The number of ether oxygens (including phenoxy) is 1. The summed E-state index contributed by atoms with van der Waals surface area (Å²) in [6.07, 6.45) is -4.78. The van der Waals surface area contributed by atoms with Crippen LogP contribution < -0.4 is 16.2 Å². The number of hydrogen-bond acceptors (Lipinski definition) is 7. The third-order valence-corrected chi connectivity index (χ3v) is 4.02. The number of aryl methyl sites for hydroxylation is 1. The van der Waals surface area contributed by atoms with Gasteiger partial charge in [-0.2, -0.15) is 5.11 Å². The Balaban J connectivity index is 2.29. The number of thioether (sulfide) groups is 1. The molecule has 0 radical (unpaired) electrons. The topological polar surface area (TPSA) is 110 Å². The number of nitrogen functional groups attached to an aromatic ring is 2. The Kier molecular flexibility index (Phi) is 5.17. The highest BCUT2D eigenvalue weighted by molar-refractivity contribution is 7.98. The lowest BCUT2D eigenvalue weighted by Crippen LogP contribution is -2.18. The van der Waals surface area contributed by atoms with Crippen molar-refractivity contribution in [3.8, 4) is 5.75 Å². The van der Waals surface area contributed by atoms with Gasteiger partial charge in [-0.1, -0.05) is 17.7 Å². The van der Waals surface area contributed by atoms with Crippen molar-refractivity contribution in [2.75, 3.05) is 11.5 Å². The minimum absolute atomic E-state index is 0.0106. The quantitative estimate of drug-likeness (QED) is 0.542. The molecular formula is C14H14F3N5OS. The van der Waals surface area contributed by atoms with Gasteiger partial charge in [0.15, 0.2) is 5.82 Å². The van der Waals surface area contributed by atoms with E-state index in [0.717, 1.165) is 17.3 Å². The van der Waals surface area contributed by atoms with Crippen LogP contribution in [-0.4, -0.2) is 11.3 Å². The van der Waals surface area contributed by atoms with Gasteiger partial charge in [0.05, 0.1) is 0 Å². The second kappa shape index (κ2) is 6.95. The highest BCUT2D eigenvalue weighted by Crippen LogP contribution is 2.38. The minimum atomic E-state index is -4.78. The normalized spacial score (nSPS) is 11.3. The van der Waals surface area contributed by atoms with E-state index in [-0.39, 0.29) is 28.8 Å². The van der Waals surface area contributed by atoms with E-state index < -0.39 is 6.36 Å². The third kappa shape index (κ3) is 4.51. The van der Waals surface area contributed by atoms with Crippen LogP contribution in [0, 0.1) is 12.5 Å². The summed E-state index contributed by atoms with van der Waals surface area (Å²) in [5, 5.41) is 3.30. The zero-order valence-electron chi connectivity index (χ0n) is 12.5. The Morgan fingerprint density at radius 3 is 2.62 bits per heavy atom. The van der Waals surface area contributed by atoms with Crippen LogP contribution in [0.1, 0.15) is 11.1 Å². The summed E-state index contributed by atoms with van der Waals surface area (Å²) >= 11 is 1.14. The van der Waals surface area contributed by atoms with E-state index in [1.165, 1.54) is 18.2 Å². The van der Waals surface area contributed by atoms with Crippen LogP contribution >= 0.6 is 11.8 Å². The minimum Gasteiger partial charge on any atom is -0.405 e. The third-order valence-electron chi connectivity index (χ3n) is 2.94. The van der Waals surface area contributed by atoms with Gasteiger partial charge in [0.25, 0.3) is 0 Å². The molecule has 10 heteroatoms. The number of nitrogens with one attached hydrogen (secondary N) is 1. The van der Waals surface area contributed by atoms with E-state index in [4.69, 9.17) is 17.0 Å². The molecule has 2 rings (SSSR count). The first-order valence-corrected chi connectivity index (χ1v) is 7.59. The smallest absolute Gasteiger partial charge is 0.405 e. The molecule has 0 saturated carbocycles. The van der Waals surface area contributed by atoms with Gasteiger partial charge in [-0.25, -0.2) is 10.5 Å². The summed E-state index contributed by atoms with van der Waals surface area (Å²) in [6.45, 7) is 1.76. The van der Waals surface area contributed by atoms with Crippen molar-refractivity contribution >= 4 is 29.1 Å². The van der Waals surface area contributed by atoms with Crippen molar-refractivity contribution in [2.45, 2.75) is 23.9 Å². The number of anilines is 2. The lowest BCUT2D eigenvalue weighted by atomic mass is 10.1. The number of nitrogens with two attached hydrogens (primary N) is 2. The molecule has 0 unspecified atom stereocenters. The summed E-state index contributed by atoms with van der Waals surface area (Å²) in [4.78, 5) is 4.25. The van der Waals surface area contributed by atoms with E-state index in [1.54, 1.807) is 13.0 Å². The molecule has 0 fully saturated rings. The van der Waals surface area contributed by atoms with Crippen LogP contribution in [0.15, 0.2) is 34.3 Å². The first-order valence-electron chi connectivity index (χ1n) is 6.61. The Morgan fingerprint density at radius 1 is 1.29 bits per heavy atom. The Hall–Kier alpha value is -2.49. The summed E-state index contributed by atoms with van der Waals surface area (Å²) in [5.74, 6) is 0.000256. The van der Waals surface area contributed by atoms with Crippen LogP contribution in [0.2, 0.25) is 0 Å². The number of rotatable bonds is 5. The molecule has 0 saturated heterocycles. The maximum Gasteiger partial charge on any atom is 0.573 e. The number of benzene rings is 1. The largest absolute Gasteiger partial charge is 0.573 e. The molecule has 0 aliphatic heterocycles. The molecular weight excluding hydrogens is 343 g/mol. The Labute approximate surface area is 139 Å². The molecule has 0 bridgehead atoms. The number of pyridine rings is 1. The lowest BCUT2D eigenvalue weighted by Gasteiger charge is -2.14. The van der Waals surface area contributed by atoms with Gasteiger partial charge in [0.2, 0.25) is 0 Å². The van der Waals surface area contributed by atoms with E-state index in [0.29, 0.717) is 10.5 Å². The molecule has 1 heterocycles. The van der Waals surface area contributed by atoms with Crippen LogP contribution in [0.3, 0.4) is 0 Å². The van der Waals surface area contributed by atoms with Gasteiger partial charge in [-0.15, -0.1) is 24.9 Å². The average Bonchev–Trinajstić information content (AvgIpc) is 2.45. The molecule has 0 amide bonds. The summed E-state index contributed by atoms with van der Waals surface area (Å²) < 4.78 is 41.5. The molecule has 1 aromatic carbocycles. The van der Waals surface area contributed by atoms with Crippen molar-refractivity contribution in [1.82, 2.24) is 4.98 Å². The van der Waals surface area contributed by atoms with E-state index in [1.807, 2.05) is 0 Å². The highest BCUT2D eigenvalue weighted by Gasteiger charge is 2.32. The van der Waals surface area contributed by atoms with Crippen LogP contribution in [0.25, 0.3) is 0 Å². The number of nitrogens with zero attached hydrogens (tertiary/aromatic N) is 2. The van der Waals surface area contributed by atoms with Crippen molar-refractivity contribution in [2.24, 2.45) is 5.11 Å². The van der Waals surface area contributed by atoms with Gasteiger partial charge in [0, 0.05) is 16.2 Å². The van der Waals surface area contributed by atoms with Gasteiger partial charge in [-0.05, 0) is 19.1 Å². The SMILES string of the molecule is Cc1ccc(OC(F)(F)F)c(CSc2cc(N)nc(N)c2N=N)c1. The van der Waals surface area contributed by atoms with Crippen LogP contribution in [-0.2, 0) is 5.75 Å². The first-order chi connectivity index (χ1) is 11.2. The molecule has 24 heavy (non-hydrogen) atoms. The molecule has 128 valence electrons. The second-order valence-electron chi connectivity index (χ2n) is 4.84. The lowest BCUT2D eigenvalue weighted by molar-refractivity contribution is -0.274. The number of alkyl halides is 3. The fraction of sp³-hybridized carbons (Fsp3) is 0.214. The van der Waals surface area contributed by atoms with Gasteiger partial charge in [0.1, 0.15) is 17.3 Å². The number of halogens is 3. The van der Waals surface area contributed by atoms with E-state index >= 15 is 0 Å². The fourth-order valence-corrected chi connectivity index (χ4v) is 3.00. The molecule has 1 aromatic heterocycles. The summed E-state index contributed by atoms with van der Waals surface area (Å²) in [5.41, 5.74) is 19.7. The predicted octanol–water partition coefficient (Wildman–Crippen LogP) is 4.41. The fourth-order valence-electron chi connectivity index (χ4n) is 1.98. The predicted molar refractivity (Wildman–Crippen MR) is 85.3 cm³/mol. The summed E-state index contributed by atoms with van der Waals surface area (Å²) in [6, 6.07) is 5.86. The zero-order chi connectivity index (χ0) is 17.9. The molecule has 0 atom stereocenters. The number of aromatic nitrogens is 1. The highest BCUT2D eigenvalue weighted by atomic mass is 32.2. The van der Waals surface area contributed by atoms with E-state index in [9.17, 15) is 13.2 Å². The van der Waals surface area contributed by atoms with Gasteiger partial charge < -0.3 is 16.2 Å². The van der Waals surface area contributed by atoms with Crippen molar-refractivity contribution < 1.29 is 17.9 Å². The standard InChI is InChI=1S/C14H14F3N5OS/c1-7-2-3-9(23-14(15,16)17)8(4-7)6-24-10-5-11(18)21-13(19)12(10)22-20/h2-5,20H,6H2,1H3,(H4,18,19,21). The Morgan fingerprint density at radius 2 is 2.00 bits per heavy atom. The van der Waals surface area contributed by atoms with Crippen molar-refractivity contribution in [1.29, 1.82) is 5.53 Å². The van der Waals surface area contributed by atoms with Crippen molar-refractivity contribution in [3.05, 3.63) is 35.4 Å². The molecule has 0 aliphatic carbocycles. The second-order valence-corrected chi connectivity index (χ2v) is 5.86. The average molecular weight is 357 g/mol. The first kappa shape index (κ1) is 17.9. The molecule has 5 N–H and O–H groups in total. The molecule has 6 nitrogen and oxygen atoms in total. The maximum atomic E-state index is 12.5.